The Morgan fingerprint density at radius 1 is 1.28 bits per heavy atom. The van der Waals surface area contributed by atoms with Crippen LogP contribution in [-0.4, -0.2) is 38.8 Å². The van der Waals surface area contributed by atoms with Crippen LogP contribution in [-0.2, 0) is 11.2 Å². The quantitative estimate of drug-likeness (QED) is 0.676. The van der Waals surface area contributed by atoms with Crippen LogP contribution < -0.4 is 5.56 Å². The maximum absolute atomic E-state index is 12.7. The van der Waals surface area contributed by atoms with E-state index in [0.717, 1.165) is 37.1 Å². The van der Waals surface area contributed by atoms with Gasteiger partial charge in [-0.25, -0.2) is 4.98 Å². The number of hydrogen-bond donors (Lipinski definition) is 1. The van der Waals surface area contributed by atoms with E-state index in [1.54, 1.807) is 29.8 Å². The monoisotopic (exact) mass is 408 g/mol. The normalized spacial score (nSPS) is 16.7. The van der Waals surface area contributed by atoms with E-state index in [4.69, 9.17) is 4.98 Å². The van der Waals surface area contributed by atoms with Crippen molar-refractivity contribution in [2.75, 3.05) is 13.1 Å². The lowest BCUT2D eigenvalue weighted by molar-refractivity contribution is -0.132. The summed E-state index contributed by atoms with van der Waals surface area (Å²) in [5.74, 6) is 0.941. The highest BCUT2D eigenvalue weighted by atomic mass is 32.1. The molecular weight excluding hydrogens is 384 g/mol. The average Bonchev–Trinajstić information content (AvgIpc) is 3.29. The minimum Gasteiger partial charge on any atom is -0.342 e. The molecule has 0 radical (unpaired) electrons. The second-order valence-electron chi connectivity index (χ2n) is 7.38. The van der Waals surface area contributed by atoms with Crippen molar-refractivity contribution < 1.29 is 4.79 Å². The first-order valence-electron chi connectivity index (χ1n) is 10.0. The molecule has 3 aromatic heterocycles. The number of aromatic amines is 1. The summed E-state index contributed by atoms with van der Waals surface area (Å²) < 4.78 is 0. The Balaban J connectivity index is 1.39. The van der Waals surface area contributed by atoms with E-state index in [1.165, 1.54) is 5.56 Å². The third kappa shape index (κ3) is 4.98. The summed E-state index contributed by atoms with van der Waals surface area (Å²) in [6.45, 7) is 1.39. The van der Waals surface area contributed by atoms with E-state index in [0.29, 0.717) is 24.5 Å². The molecule has 4 heterocycles. The summed E-state index contributed by atoms with van der Waals surface area (Å²) >= 11 is 1.57. The molecule has 1 amide bonds. The maximum Gasteiger partial charge on any atom is 0.251 e. The van der Waals surface area contributed by atoms with Gasteiger partial charge in [-0.2, -0.15) is 0 Å². The van der Waals surface area contributed by atoms with Gasteiger partial charge >= 0.3 is 0 Å². The zero-order chi connectivity index (χ0) is 20.1. The van der Waals surface area contributed by atoms with Gasteiger partial charge in [-0.15, -0.1) is 11.3 Å². The number of rotatable bonds is 6. The summed E-state index contributed by atoms with van der Waals surface area (Å²) in [7, 11) is 0. The summed E-state index contributed by atoms with van der Waals surface area (Å²) in [4.78, 5) is 39.4. The van der Waals surface area contributed by atoms with E-state index in [-0.39, 0.29) is 17.4 Å². The molecule has 29 heavy (non-hydrogen) atoms. The first-order chi connectivity index (χ1) is 14.2. The number of H-pyrrole nitrogens is 1. The zero-order valence-corrected chi connectivity index (χ0v) is 17.0. The van der Waals surface area contributed by atoms with E-state index >= 15 is 0 Å². The highest BCUT2D eigenvalue weighted by Crippen LogP contribution is 2.27. The van der Waals surface area contributed by atoms with Crippen LogP contribution in [0.2, 0.25) is 0 Å². The standard InChI is InChI=1S/C22H24N4O2S/c27-20-14-18(19-6-3-13-29-19)24-22(25-20)17-5-2-12-26(15-17)21(28)7-1-4-16-8-10-23-11-9-16/h3,6,8-11,13-14,17H,1-2,4-5,7,12,15H2,(H,24,25,27)/t17-/m1/s1. The van der Waals surface area contributed by atoms with Gasteiger partial charge < -0.3 is 9.88 Å². The molecule has 0 spiro atoms. The first kappa shape index (κ1) is 19.5. The fraction of sp³-hybridized carbons (Fsp3) is 0.364. The van der Waals surface area contributed by atoms with Gasteiger partial charge in [-0.3, -0.25) is 14.6 Å². The van der Waals surface area contributed by atoms with Gasteiger partial charge in [-0.05, 0) is 54.8 Å². The number of piperidine rings is 1. The molecule has 7 heteroatoms. The number of nitrogens with zero attached hydrogens (tertiary/aromatic N) is 3. The predicted molar refractivity (Wildman–Crippen MR) is 114 cm³/mol. The van der Waals surface area contributed by atoms with Gasteiger partial charge in [0.25, 0.3) is 5.56 Å². The maximum atomic E-state index is 12.7. The summed E-state index contributed by atoms with van der Waals surface area (Å²) in [5, 5.41) is 1.98. The zero-order valence-electron chi connectivity index (χ0n) is 16.2. The molecular formula is C22H24N4O2S. The van der Waals surface area contributed by atoms with Crippen molar-refractivity contribution in [2.24, 2.45) is 0 Å². The van der Waals surface area contributed by atoms with Gasteiger partial charge in [0.2, 0.25) is 5.91 Å². The number of nitrogens with one attached hydrogen (secondary N) is 1. The molecule has 0 unspecified atom stereocenters. The number of thiophene rings is 1. The Labute approximate surface area is 173 Å². The van der Waals surface area contributed by atoms with Crippen LogP contribution in [0, 0.1) is 0 Å². The molecule has 0 saturated carbocycles. The van der Waals surface area contributed by atoms with Crippen LogP contribution in [0.1, 0.15) is 43.0 Å². The minimum atomic E-state index is -0.140. The third-order valence-electron chi connectivity index (χ3n) is 5.30. The number of pyridine rings is 1. The summed E-state index contributed by atoms with van der Waals surface area (Å²) in [5.41, 5.74) is 1.77. The number of aromatic nitrogens is 3. The van der Waals surface area contributed by atoms with Crippen molar-refractivity contribution in [3.8, 4) is 10.6 Å². The molecule has 1 fully saturated rings. The molecule has 1 atom stereocenters. The Kier molecular flexibility index (Phi) is 6.14. The first-order valence-corrected chi connectivity index (χ1v) is 10.9. The Hall–Kier alpha value is -2.80. The van der Waals surface area contributed by atoms with Gasteiger partial charge in [0.15, 0.2) is 0 Å². The van der Waals surface area contributed by atoms with Crippen molar-refractivity contribution in [3.63, 3.8) is 0 Å². The van der Waals surface area contributed by atoms with Gasteiger partial charge in [0.05, 0.1) is 10.6 Å². The number of aryl methyl sites for hydroxylation is 1. The van der Waals surface area contributed by atoms with E-state index < -0.39 is 0 Å². The van der Waals surface area contributed by atoms with Crippen molar-refractivity contribution in [3.05, 3.63) is 69.8 Å². The van der Waals surface area contributed by atoms with Gasteiger partial charge in [0, 0.05) is 43.9 Å². The van der Waals surface area contributed by atoms with Crippen LogP contribution >= 0.6 is 11.3 Å². The van der Waals surface area contributed by atoms with Crippen molar-refractivity contribution in [1.29, 1.82) is 0 Å². The largest absolute Gasteiger partial charge is 0.342 e. The number of hydrogen-bond acceptors (Lipinski definition) is 5. The third-order valence-corrected chi connectivity index (χ3v) is 6.19. The average molecular weight is 409 g/mol. The molecule has 6 nitrogen and oxygen atoms in total. The van der Waals surface area contributed by atoms with Gasteiger partial charge in [-0.1, -0.05) is 6.07 Å². The van der Waals surface area contributed by atoms with Crippen molar-refractivity contribution in [1.82, 2.24) is 19.9 Å². The second kappa shape index (κ2) is 9.13. The number of amides is 1. The SMILES string of the molecule is O=C(CCCc1ccncc1)N1CCC[C@@H](c2nc(-c3cccs3)cc(=O)[nH]2)C1. The lowest BCUT2D eigenvalue weighted by atomic mass is 9.96. The molecule has 1 N–H and O–H groups in total. The fourth-order valence-corrected chi connectivity index (χ4v) is 4.48. The van der Waals surface area contributed by atoms with Crippen LogP contribution in [0.15, 0.2) is 52.9 Å². The molecule has 4 rings (SSSR count). The minimum absolute atomic E-state index is 0.0699. The van der Waals surface area contributed by atoms with E-state index in [1.807, 2.05) is 34.5 Å². The smallest absolute Gasteiger partial charge is 0.251 e. The van der Waals surface area contributed by atoms with Crippen LogP contribution in [0.5, 0.6) is 0 Å². The van der Waals surface area contributed by atoms with E-state index in [2.05, 4.69) is 9.97 Å². The molecule has 0 aromatic carbocycles. The van der Waals surface area contributed by atoms with Crippen molar-refractivity contribution >= 4 is 17.2 Å². The van der Waals surface area contributed by atoms with Crippen LogP contribution in [0.4, 0.5) is 0 Å². The fourth-order valence-electron chi connectivity index (χ4n) is 3.80. The molecule has 1 saturated heterocycles. The number of carbonyl (C=O) groups is 1. The summed E-state index contributed by atoms with van der Waals surface area (Å²) in [6.07, 6.45) is 7.66. The highest BCUT2D eigenvalue weighted by molar-refractivity contribution is 7.13. The topological polar surface area (TPSA) is 79.0 Å². The van der Waals surface area contributed by atoms with Crippen molar-refractivity contribution in [2.45, 2.75) is 38.0 Å². The number of carbonyl (C=O) groups excluding carboxylic acids is 1. The molecule has 1 aliphatic heterocycles. The molecule has 3 aromatic rings. The molecule has 0 aliphatic carbocycles. The number of likely N-dealkylation sites (tertiary alicyclic amines) is 1. The highest BCUT2D eigenvalue weighted by Gasteiger charge is 2.26. The van der Waals surface area contributed by atoms with E-state index in [9.17, 15) is 9.59 Å². The molecule has 150 valence electrons. The second-order valence-corrected chi connectivity index (χ2v) is 8.33. The Morgan fingerprint density at radius 3 is 2.93 bits per heavy atom. The van der Waals surface area contributed by atoms with Gasteiger partial charge in [0.1, 0.15) is 5.82 Å². The van der Waals surface area contributed by atoms with Crippen LogP contribution in [0.3, 0.4) is 0 Å². The molecule has 0 bridgehead atoms. The molecule has 1 aliphatic rings. The lowest BCUT2D eigenvalue weighted by Crippen LogP contribution is -2.39. The Bertz CT molecular complexity index is 1000. The lowest BCUT2D eigenvalue weighted by Gasteiger charge is -2.32. The van der Waals surface area contributed by atoms with Crippen LogP contribution in [0.25, 0.3) is 10.6 Å². The summed E-state index contributed by atoms with van der Waals surface area (Å²) in [6, 6.07) is 9.44. The predicted octanol–water partition coefficient (Wildman–Crippen LogP) is 3.62. The Morgan fingerprint density at radius 2 is 2.14 bits per heavy atom.